The molecule has 4 nitrogen and oxygen atoms in total. The Morgan fingerprint density at radius 2 is 2.33 bits per heavy atom. The molecule has 18 heavy (non-hydrogen) atoms. The molecule has 0 radical (unpaired) electrons. The van der Waals surface area contributed by atoms with E-state index < -0.39 is 5.91 Å². The number of hydrogen-bond acceptors (Lipinski definition) is 3. The fourth-order valence-electron chi connectivity index (χ4n) is 2.38. The summed E-state index contributed by atoms with van der Waals surface area (Å²) >= 11 is 6.02. The van der Waals surface area contributed by atoms with Crippen molar-refractivity contribution < 1.29 is 4.79 Å². The zero-order valence-corrected chi connectivity index (χ0v) is 11.1. The molecular formula is C13H18ClN3O. The number of benzene rings is 1. The van der Waals surface area contributed by atoms with Gasteiger partial charge in [-0.25, -0.2) is 0 Å². The van der Waals surface area contributed by atoms with Gasteiger partial charge in [0.25, 0.3) is 5.91 Å². The van der Waals surface area contributed by atoms with Gasteiger partial charge in [0.1, 0.15) is 0 Å². The monoisotopic (exact) mass is 267 g/mol. The van der Waals surface area contributed by atoms with Crippen molar-refractivity contribution in [1.82, 2.24) is 5.32 Å². The summed E-state index contributed by atoms with van der Waals surface area (Å²) in [4.78, 5) is 11.4. The Morgan fingerprint density at radius 3 is 3.00 bits per heavy atom. The van der Waals surface area contributed by atoms with Crippen molar-refractivity contribution >= 4 is 23.2 Å². The number of carbonyl (C=O) groups is 1. The lowest BCUT2D eigenvalue weighted by Crippen LogP contribution is -2.41. The molecule has 0 bridgehead atoms. The molecule has 0 saturated carbocycles. The first-order valence-corrected chi connectivity index (χ1v) is 6.54. The Balaban J connectivity index is 2.18. The zero-order chi connectivity index (χ0) is 13.1. The number of nitrogens with two attached hydrogens (primary N) is 1. The van der Waals surface area contributed by atoms with Gasteiger partial charge in [0.2, 0.25) is 0 Å². The van der Waals surface area contributed by atoms with Gasteiger partial charge in [-0.2, -0.15) is 0 Å². The second kappa shape index (κ2) is 5.59. The second-order valence-corrected chi connectivity index (χ2v) is 5.15. The van der Waals surface area contributed by atoms with Crippen molar-refractivity contribution in [3.63, 3.8) is 0 Å². The molecular weight excluding hydrogens is 250 g/mol. The minimum absolute atomic E-state index is 0.345. The van der Waals surface area contributed by atoms with Crippen LogP contribution in [0.3, 0.4) is 0 Å². The largest absolute Gasteiger partial charge is 0.382 e. The van der Waals surface area contributed by atoms with Gasteiger partial charge in [-0.3, -0.25) is 4.79 Å². The number of primary amides is 1. The van der Waals surface area contributed by atoms with E-state index in [4.69, 9.17) is 17.3 Å². The molecule has 0 spiro atoms. The number of hydrogen-bond donors (Lipinski definition) is 3. The van der Waals surface area contributed by atoms with Gasteiger partial charge in [-0.1, -0.05) is 17.7 Å². The van der Waals surface area contributed by atoms with Crippen LogP contribution in [-0.4, -0.2) is 24.5 Å². The molecule has 1 amide bonds. The Morgan fingerprint density at radius 1 is 1.56 bits per heavy atom. The number of carbonyl (C=O) groups excluding carboxylic acids is 1. The Kier molecular flexibility index (Phi) is 4.09. The summed E-state index contributed by atoms with van der Waals surface area (Å²) < 4.78 is 0. The Labute approximate surface area is 112 Å². The Bertz CT molecular complexity index is 450. The van der Waals surface area contributed by atoms with Crippen molar-refractivity contribution in [2.45, 2.75) is 31.8 Å². The van der Waals surface area contributed by atoms with Crippen molar-refractivity contribution in [3.05, 3.63) is 28.8 Å². The number of amides is 1. The summed E-state index contributed by atoms with van der Waals surface area (Å²) in [6.07, 6.45) is 2.04. The van der Waals surface area contributed by atoms with Gasteiger partial charge in [0.05, 0.1) is 10.6 Å². The molecule has 1 aliphatic heterocycles. The third-order valence-electron chi connectivity index (χ3n) is 3.24. The number of nitrogens with one attached hydrogen (secondary N) is 2. The highest BCUT2D eigenvalue weighted by Gasteiger charge is 2.20. The lowest BCUT2D eigenvalue weighted by Gasteiger charge is -2.30. The molecule has 0 aromatic heterocycles. The molecule has 1 aliphatic rings. The topological polar surface area (TPSA) is 67.1 Å². The number of halogens is 1. The van der Waals surface area contributed by atoms with Crippen molar-refractivity contribution in [2.24, 2.45) is 5.73 Å². The van der Waals surface area contributed by atoms with Crippen LogP contribution in [0.15, 0.2) is 18.2 Å². The molecule has 4 N–H and O–H groups in total. The first-order valence-electron chi connectivity index (χ1n) is 6.16. The maximum atomic E-state index is 11.4. The average Bonchev–Trinajstić information content (AvgIpc) is 2.28. The molecule has 1 heterocycles. The minimum Gasteiger partial charge on any atom is -0.382 e. The second-order valence-electron chi connectivity index (χ2n) is 4.75. The summed E-state index contributed by atoms with van der Waals surface area (Å²) in [7, 11) is 0. The summed E-state index contributed by atoms with van der Waals surface area (Å²) in [5.41, 5.74) is 6.48. The zero-order valence-electron chi connectivity index (χ0n) is 10.4. The van der Waals surface area contributed by atoms with Crippen molar-refractivity contribution in [1.29, 1.82) is 0 Å². The van der Waals surface area contributed by atoms with Crippen LogP contribution in [0.1, 0.15) is 30.1 Å². The third kappa shape index (κ3) is 2.94. The standard InChI is InChI=1S/C13H18ClN3O/c1-8-7-9(5-6-16-8)17-11-4-2-3-10(14)12(11)13(15)18/h2-4,8-9,16-17H,5-7H2,1H3,(H2,15,18). The molecule has 1 saturated heterocycles. The quantitative estimate of drug-likeness (QED) is 0.785. The molecule has 98 valence electrons. The van der Waals surface area contributed by atoms with Crippen LogP contribution in [0, 0.1) is 0 Å². The van der Waals surface area contributed by atoms with E-state index in [0.717, 1.165) is 25.1 Å². The van der Waals surface area contributed by atoms with E-state index in [1.807, 2.05) is 12.1 Å². The predicted molar refractivity (Wildman–Crippen MR) is 74.1 cm³/mol. The van der Waals surface area contributed by atoms with Crippen LogP contribution in [0.5, 0.6) is 0 Å². The summed E-state index contributed by atoms with van der Waals surface area (Å²) in [5, 5.41) is 7.16. The minimum atomic E-state index is -0.495. The van der Waals surface area contributed by atoms with Gasteiger partial charge >= 0.3 is 0 Å². The maximum Gasteiger partial charge on any atom is 0.252 e. The van der Waals surface area contributed by atoms with Crippen LogP contribution in [0.25, 0.3) is 0 Å². The number of piperidine rings is 1. The van der Waals surface area contributed by atoms with Crippen LogP contribution < -0.4 is 16.4 Å². The van der Waals surface area contributed by atoms with Gasteiger partial charge in [0.15, 0.2) is 0 Å². The van der Waals surface area contributed by atoms with E-state index in [1.165, 1.54) is 0 Å². The molecule has 2 unspecified atom stereocenters. The van der Waals surface area contributed by atoms with Crippen molar-refractivity contribution in [3.8, 4) is 0 Å². The molecule has 1 fully saturated rings. The fraction of sp³-hybridized carbons (Fsp3) is 0.462. The maximum absolute atomic E-state index is 11.4. The van der Waals surface area contributed by atoms with Crippen LogP contribution >= 0.6 is 11.6 Å². The third-order valence-corrected chi connectivity index (χ3v) is 3.56. The van der Waals surface area contributed by atoms with Crippen molar-refractivity contribution in [2.75, 3.05) is 11.9 Å². The summed E-state index contributed by atoms with van der Waals surface area (Å²) in [6.45, 7) is 3.13. The van der Waals surface area contributed by atoms with Crippen LogP contribution in [0.2, 0.25) is 5.02 Å². The van der Waals surface area contributed by atoms with E-state index in [9.17, 15) is 4.79 Å². The normalized spacial score (nSPS) is 23.7. The van der Waals surface area contributed by atoms with E-state index in [1.54, 1.807) is 6.07 Å². The van der Waals surface area contributed by atoms with Gasteiger partial charge in [-0.05, 0) is 38.4 Å². The molecule has 2 atom stereocenters. The van der Waals surface area contributed by atoms with Gasteiger partial charge in [-0.15, -0.1) is 0 Å². The Hall–Kier alpha value is -1.26. The van der Waals surface area contributed by atoms with Crippen LogP contribution in [0.4, 0.5) is 5.69 Å². The average molecular weight is 268 g/mol. The van der Waals surface area contributed by atoms with E-state index in [2.05, 4.69) is 17.6 Å². The lowest BCUT2D eigenvalue weighted by molar-refractivity contribution is 0.100. The number of anilines is 1. The highest BCUT2D eigenvalue weighted by Crippen LogP contribution is 2.26. The van der Waals surface area contributed by atoms with E-state index in [-0.39, 0.29) is 0 Å². The van der Waals surface area contributed by atoms with E-state index >= 15 is 0 Å². The SMILES string of the molecule is CC1CC(Nc2cccc(Cl)c2C(N)=O)CCN1. The number of rotatable bonds is 3. The highest BCUT2D eigenvalue weighted by atomic mass is 35.5. The summed E-state index contributed by atoms with van der Waals surface area (Å²) in [6, 6.07) is 6.17. The van der Waals surface area contributed by atoms with Gasteiger partial charge in [0, 0.05) is 17.8 Å². The molecule has 2 rings (SSSR count). The smallest absolute Gasteiger partial charge is 0.252 e. The highest BCUT2D eigenvalue weighted by molar-refractivity contribution is 6.34. The fourth-order valence-corrected chi connectivity index (χ4v) is 2.65. The first kappa shape index (κ1) is 13.2. The molecule has 1 aromatic rings. The molecule has 0 aliphatic carbocycles. The molecule has 5 heteroatoms. The van der Waals surface area contributed by atoms with E-state index in [0.29, 0.717) is 22.7 Å². The van der Waals surface area contributed by atoms with Crippen LogP contribution in [-0.2, 0) is 0 Å². The predicted octanol–water partition coefficient (Wildman–Crippen LogP) is 1.99. The lowest BCUT2D eigenvalue weighted by atomic mass is 9.99. The first-order chi connectivity index (χ1) is 8.58. The van der Waals surface area contributed by atoms with Gasteiger partial charge < -0.3 is 16.4 Å². The summed E-state index contributed by atoms with van der Waals surface area (Å²) in [5.74, 6) is -0.495. The molecule has 1 aromatic carbocycles.